The summed E-state index contributed by atoms with van der Waals surface area (Å²) in [6.07, 6.45) is 2.39. The Hall–Kier alpha value is -3.78. The number of likely N-dealkylation sites (N-methyl/N-ethyl adjacent to an activating group) is 1. The molecule has 8 nitrogen and oxygen atoms in total. The zero-order chi connectivity index (χ0) is 25.6. The second-order valence-electron chi connectivity index (χ2n) is 7.91. The summed E-state index contributed by atoms with van der Waals surface area (Å²) in [5, 5.41) is 3.18. The zero-order valence-electron chi connectivity index (χ0n) is 21.0. The van der Waals surface area contributed by atoms with Gasteiger partial charge in [0.2, 0.25) is 11.8 Å². The van der Waals surface area contributed by atoms with Gasteiger partial charge < -0.3 is 19.7 Å². The van der Waals surface area contributed by atoms with Crippen LogP contribution in [0.5, 0.6) is 11.8 Å². The van der Waals surface area contributed by atoms with Gasteiger partial charge >= 0.3 is 0 Å². The molecular formula is C27H34N4O4. The molecule has 1 atom stereocenters. The van der Waals surface area contributed by atoms with Crippen molar-refractivity contribution in [3.05, 3.63) is 83.2 Å². The Morgan fingerprint density at radius 1 is 1.03 bits per heavy atom. The van der Waals surface area contributed by atoms with Gasteiger partial charge in [-0.25, -0.2) is 9.97 Å². The molecule has 0 aliphatic heterocycles. The molecule has 3 rings (SSSR count). The van der Waals surface area contributed by atoms with E-state index in [0.29, 0.717) is 29.3 Å². The van der Waals surface area contributed by atoms with E-state index in [1.807, 2.05) is 44.1 Å². The number of carbonyl (C=O) groups is 2. The predicted molar refractivity (Wildman–Crippen MR) is 136 cm³/mol. The highest BCUT2D eigenvalue weighted by atomic mass is 16.5. The average Bonchev–Trinajstić information content (AvgIpc) is 2.90. The van der Waals surface area contributed by atoms with Crippen LogP contribution in [-0.4, -0.2) is 68.0 Å². The van der Waals surface area contributed by atoms with Crippen molar-refractivity contribution in [1.29, 1.82) is 0 Å². The predicted octanol–water partition coefficient (Wildman–Crippen LogP) is 3.59. The molecule has 3 aromatic rings. The van der Waals surface area contributed by atoms with Crippen LogP contribution in [0.1, 0.15) is 38.5 Å². The minimum atomic E-state index is -0.0131. The molecule has 0 saturated carbocycles. The van der Waals surface area contributed by atoms with Gasteiger partial charge in [-0.15, -0.1) is 0 Å². The number of pyridine rings is 2. The molecule has 0 fully saturated rings. The number of carbonyl (C=O) groups excluding carboxylic acids is 2. The minimum Gasteiger partial charge on any atom is -0.481 e. The number of amides is 1. The van der Waals surface area contributed by atoms with Crippen LogP contribution in [0.15, 0.2) is 60.7 Å². The molecule has 35 heavy (non-hydrogen) atoms. The molecule has 0 unspecified atom stereocenters. The summed E-state index contributed by atoms with van der Waals surface area (Å²) in [5.74, 6) is 0.914. The topological polar surface area (TPSA) is 93.7 Å². The van der Waals surface area contributed by atoms with Gasteiger partial charge in [-0.3, -0.25) is 9.59 Å². The average molecular weight is 479 g/mol. The first-order valence-corrected chi connectivity index (χ1v) is 11.4. The van der Waals surface area contributed by atoms with Crippen molar-refractivity contribution < 1.29 is 19.1 Å². The molecule has 1 N–H and O–H groups in total. The van der Waals surface area contributed by atoms with Crippen LogP contribution in [0.25, 0.3) is 0 Å². The number of ether oxygens (including phenoxy) is 2. The van der Waals surface area contributed by atoms with Gasteiger partial charge in [0.1, 0.15) is 5.69 Å². The molecule has 0 aliphatic carbocycles. The SMILES string of the molecule is CNCC[C@H](Cc1ccccc1)N(C)C(=O)c1cc(C)nc(OC)c1.COc1cccc(C=O)n1. The summed E-state index contributed by atoms with van der Waals surface area (Å²) in [6, 6.07) is 18.9. The third kappa shape index (κ3) is 8.83. The summed E-state index contributed by atoms with van der Waals surface area (Å²) in [5.41, 5.74) is 2.99. The van der Waals surface area contributed by atoms with Crippen molar-refractivity contribution >= 4 is 12.2 Å². The molecule has 2 heterocycles. The second kappa shape index (κ2) is 14.5. The normalized spacial score (nSPS) is 11.0. The van der Waals surface area contributed by atoms with E-state index in [4.69, 9.17) is 9.47 Å². The fourth-order valence-corrected chi connectivity index (χ4v) is 3.48. The Balaban J connectivity index is 0.000000360. The van der Waals surface area contributed by atoms with Gasteiger partial charge in [0.15, 0.2) is 6.29 Å². The highest BCUT2D eigenvalue weighted by Gasteiger charge is 2.22. The summed E-state index contributed by atoms with van der Waals surface area (Å²) >= 11 is 0. The number of aryl methyl sites for hydroxylation is 1. The maximum atomic E-state index is 13.0. The van der Waals surface area contributed by atoms with Crippen LogP contribution < -0.4 is 14.8 Å². The van der Waals surface area contributed by atoms with E-state index in [1.165, 1.54) is 12.7 Å². The lowest BCUT2D eigenvalue weighted by molar-refractivity contribution is 0.0723. The second-order valence-corrected chi connectivity index (χ2v) is 7.91. The van der Waals surface area contributed by atoms with Crippen LogP contribution in [0.4, 0.5) is 0 Å². The van der Waals surface area contributed by atoms with E-state index < -0.39 is 0 Å². The Bertz CT molecular complexity index is 1080. The lowest BCUT2D eigenvalue weighted by Crippen LogP contribution is -2.40. The van der Waals surface area contributed by atoms with Gasteiger partial charge in [0.25, 0.3) is 5.91 Å². The Morgan fingerprint density at radius 2 is 1.74 bits per heavy atom. The number of aldehydes is 1. The van der Waals surface area contributed by atoms with Gasteiger partial charge in [-0.05, 0) is 51.1 Å². The molecule has 8 heteroatoms. The van der Waals surface area contributed by atoms with E-state index >= 15 is 0 Å². The summed E-state index contributed by atoms with van der Waals surface area (Å²) in [6.45, 7) is 2.72. The third-order valence-electron chi connectivity index (χ3n) is 5.37. The smallest absolute Gasteiger partial charge is 0.254 e. The van der Waals surface area contributed by atoms with Crippen molar-refractivity contribution in [3.8, 4) is 11.8 Å². The van der Waals surface area contributed by atoms with Crippen LogP contribution in [-0.2, 0) is 6.42 Å². The van der Waals surface area contributed by atoms with Gasteiger partial charge in [-0.2, -0.15) is 0 Å². The first-order valence-electron chi connectivity index (χ1n) is 11.4. The number of nitrogens with zero attached hydrogens (tertiary/aromatic N) is 3. The molecule has 2 aromatic heterocycles. The maximum absolute atomic E-state index is 13.0. The van der Waals surface area contributed by atoms with Crippen LogP contribution in [0.2, 0.25) is 0 Å². The molecular weight excluding hydrogens is 444 g/mol. The molecule has 0 bridgehead atoms. The molecule has 1 amide bonds. The van der Waals surface area contributed by atoms with Crippen molar-refractivity contribution in [2.24, 2.45) is 0 Å². The van der Waals surface area contributed by atoms with E-state index in [-0.39, 0.29) is 11.9 Å². The number of rotatable bonds is 10. The van der Waals surface area contributed by atoms with Crippen molar-refractivity contribution in [1.82, 2.24) is 20.2 Å². The van der Waals surface area contributed by atoms with Crippen LogP contribution in [0.3, 0.4) is 0 Å². The molecule has 186 valence electrons. The molecule has 0 saturated heterocycles. The number of aromatic nitrogens is 2. The lowest BCUT2D eigenvalue weighted by Gasteiger charge is -2.29. The highest BCUT2D eigenvalue weighted by molar-refractivity contribution is 5.94. The van der Waals surface area contributed by atoms with Crippen molar-refractivity contribution in [3.63, 3.8) is 0 Å². The molecule has 0 spiro atoms. The number of hydrogen-bond donors (Lipinski definition) is 1. The van der Waals surface area contributed by atoms with Crippen LogP contribution >= 0.6 is 0 Å². The fraction of sp³-hybridized carbons (Fsp3) is 0.333. The first kappa shape index (κ1) is 27.5. The minimum absolute atomic E-state index is 0.0131. The largest absolute Gasteiger partial charge is 0.481 e. The molecule has 0 radical (unpaired) electrons. The Morgan fingerprint density at radius 3 is 2.37 bits per heavy atom. The van der Waals surface area contributed by atoms with Gasteiger partial charge in [0, 0.05) is 36.5 Å². The number of methoxy groups -OCH3 is 2. The monoisotopic (exact) mass is 478 g/mol. The summed E-state index contributed by atoms with van der Waals surface area (Å²) in [4.78, 5) is 33.0. The number of hydrogen-bond acceptors (Lipinski definition) is 7. The first-order chi connectivity index (χ1) is 16.9. The van der Waals surface area contributed by atoms with Gasteiger partial charge in [0.05, 0.1) is 14.2 Å². The summed E-state index contributed by atoms with van der Waals surface area (Å²) < 4.78 is 9.98. The molecule has 0 aliphatic rings. The van der Waals surface area contributed by atoms with E-state index in [9.17, 15) is 9.59 Å². The molecule has 1 aromatic carbocycles. The van der Waals surface area contributed by atoms with E-state index in [0.717, 1.165) is 25.1 Å². The van der Waals surface area contributed by atoms with E-state index in [2.05, 4.69) is 27.4 Å². The third-order valence-corrected chi connectivity index (χ3v) is 5.37. The number of benzene rings is 1. The number of nitrogens with one attached hydrogen (secondary N) is 1. The Labute approximate surface area is 207 Å². The quantitative estimate of drug-likeness (QED) is 0.445. The zero-order valence-corrected chi connectivity index (χ0v) is 21.0. The van der Waals surface area contributed by atoms with Crippen LogP contribution in [0, 0.1) is 6.92 Å². The van der Waals surface area contributed by atoms with Gasteiger partial charge in [-0.1, -0.05) is 36.4 Å². The standard InChI is InChI=1S/C20H27N3O2.C7H7NO2/c1-15-12-17(14-19(22-15)25-4)20(24)23(3)18(10-11-21-2)13-16-8-6-5-7-9-16;1-10-7-4-2-3-6(5-9)8-7/h5-9,12,14,18,21H,10-11,13H2,1-4H3;2-5H,1H3/t18-;/m1./s1. The lowest BCUT2D eigenvalue weighted by atomic mass is 10.0. The van der Waals surface area contributed by atoms with E-state index in [1.54, 1.807) is 37.4 Å². The Kier molecular flexibility index (Phi) is 11.4. The fourth-order valence-electron chi connectivity index (χ4n) is 3.48. The van der Waals surface area contributed by atoms with Crippen molar-refractivity contribution in [2.45, 2.75) is 25.8 Å². The summed E-state index contributed by atoms with van der Waals surface area (Å²) in [7, 11) is 6.87. The van der Waals surface area contributed by atoms with Crippen molar-refractivity contribution in [2.75, 3.05) is 34.9 Å². The highest BCUT2D eigenvalue weighted by Crippen LogP contribution is 2.17. The maximum Gasteiger partial charge on any atom is 0.254 e.